The van der Waals surface area contributed by atoms with E-state index in [1.165, 1.54) is 0 Å². The molecule has 0 radical (unpaired) electrons. The fraction of sp³-hybridized carbons (Fsp3) is 0.154. The van der Waals surface area contributed by atoms with E-state index in [0.29, 0.717) is 23.7 Å². The normalized spacial score (nSPS) is 10.5. The Kier molecular flexibility index (Phi) is 3.76. The number of ketones is 1. The SMILES string of the molecule is COCc1ccc(C(=O)c2cccc(Br)c2)o1. The molecule has 0 N–H and O–H groups in total. The molecule has 0 aliphatic carbocycles. The summed E-state index contributed by atoms with van der Waals surface area (Å²) >= 11 is 3.33. The molecule has 0 unspecified atom stereocenters. The van der Waals surface area contributed by atoms with Gasteiger partial charge in [0.15, 0.2) is 5.76 Å². The van der Waals surface area contributed by atoms with Crippen molar-refractivity contribution in [2.45, 2.75) is 6.61 Å². The van der Waals surface area contributed by atoms with Gasteiger partial charge >= 0.3 is 0 Å². The summed E-state index contributed by atoms with van der Waals surface area (Å²) in [7, 11) is 1.58. The molecule has 88 valence electrons. The van der Waals surface area contributed by atoms with E-state index in [-0.39, 0.29) is 5.78 Å². The minimum absolute atomic E-state index is 0.131. The number of halogens is 1. The fourth-order valence-electron chi connectivity index (χ4n) is 1.49. The van der Waals surface area contributed by atoms with E-state index >= 15 is 0 Å². The number of hydrogen-bond acceptors (Lipinski definition) is 3. The molecular formula is C13H11BrO3. The summed E-state index contributed by atoms with van der Waals surface area (Å²) in [6.45, 7) is 0.367. The van der Waals surface area contributed by atoms with Crippen molar-refractivity contribution in [2.75, 3.05) is 7.11 Å². The minimum Gasteiger partial charge on any atom is -0.455 e. The lowest BCUT2D eigenvalue weighted by molar-refractivity contribution is 0.1000. The van der Waals surface area contributed by atoms with Gasteiger partial charge in [-0.1, -0.05) is 28.1 Å². The van der Waals surface area contributed by atoms with Gasteiger partial charge in [0, 0.05) is 17.1 Å². The Labute approximate surface area is 108 Å². The van der Waals surface area contributed by atoms with Gasteiger partial charge in [-0.2, -0.15) is 0 Å². The number of methoxy groups -OCH3 is 1. The summed E-state index contributed by atoms with van der Waals surface area (Å²) < 4.78 is 11.2. The predicted octanol–water partition coefficient (Wildman–Crippen LogP) is 3.42. The van der Waals surface area contributed by atoms with Gasteiger partial charge in [0.05, 0.1) is 0 Å². The summed E-state index contributed by atoms with van der Waals surface area (Å²) in [6, 6.07) is 10.6. The van der Waals surface area contributed by atoms with Gasteiger partial charge in [0.2, 0.25) is 5.78 Å². The van der Waals surface area contributed by atoms with Crippen molar-refractivity contribution in [3.05, 3.63) is 58.0 Å². The molecule has 0 amide bonds. The average molecular weight is 295 g/mol. The van der Waals surface area contributed by atoms with Crippen molar-refractivity contribution in [1.82, 2.24) is 0 Å². The summed E-state index contributed by atoms with van der Waals surface area (Å²) in [4.78, 5) is 12.1. The highest BCUT2D eigenvalue weighted by Crippen LogP contribution is 2.17. The zero-order valence-corrected chi connectivity index (χ0v) is 10.9. The Morgan fingerprint density at radius 3 is 2.88 bits per heavy atom. The van der Waals surface area contributed by atoms with Crippen LogP contribution in [0.3, 0.4) is 0 Å². The quantitative estimate of drug-likeness (QED) is 0.811. The monoisotopic (exact) mass is 294 g/mol. The first-order valence-electron chi connectivity index (χ1n) is 5.08. The zero-order valence-electron chi connectivity index (χ0n) is 9.27. The molecule has 0 saturated carbocycles. The second-order valence-corrected chi connectivity index (χ2v) is 4.45. The highest BCUT2D eigenvalue weighted by Gasteiger charge is 2.13. The van der Waals surface area contributed by atoms with Crippen LogP contribution in [0.5, 0.6) is 0 Å². The van der Waals surface area contributed by atoms with Gasteiger partial charge in [-0.15, -0.1) is 0 Å². The standard InChI is InChI=1S/C13H11BrO3/c1-16-8-11-5-6-12(17-11)13(15)9-3-2-4-10(14)7-9/h2-7H,8H2,1H3. The fourth-order valence-corrected chi connectivity index (χ4v) is 1.89. The van der Waals surface area contributed by atoms with E-state index in [4.69, 9.17) is 9.15 Å². The molecule has 0 saturated heterocycles. The maximum atomic E-state index is 12.1. The van der Waals surface area contributed by atoms with Crippen LogP contribution in [0.25, 0.3) is 0 Å². The molecular weight excluding hydrogens is 284 g/mol. The molecule has 1 aromatic carbocycles. The molecule has 0 bridgehead atoms. The molecule has 0 aliphatic rings. The zero-order chi connectivity index (χ0) is 12.3. The third-order valence-electron chi connectivity index (χ3n) is 2.26. The molecule has 3 nitrogen and oxygen atoms in total. The van der Waals surface area contributed by atoms with Gasteiger partial charge < -0.3 is 9.15 Å². The molecule has 2 rings (SSSR count). The van der Waals surface area contributed by atoms with E-state index in [2.05, 4.69) is 15.9 Å². The molecule has 2 aromatic rings. The molecule has 1 heterocycles. The van der Waals surface area contributed by atoms with Crippen LogP contribution in [0, 0.1) is 0 Å². The number of rotatable bonds is 4. The van der Waals surface area contributed by atoms with Crippen molar-refractivity contribution in [3.63, 3.8) is 0 Å². The highest BCUT2D eigenvalue weighted by atomic mass is 79.9. The van der Waals surface area contributed by atoms with E-state index in [9.17, 15) is 4.79 Å². The Hall–Kier alpha value is -1.39. The first-order chi connectivity index (χ1) is 8.20. The smallest absolute Gasteiger partial charge is 0.228 e. The minimum atomic E-state index is -0.131. The molecule has 17 heavy (non-hydrogen) atoms. The molecule has 4 heteroatoms. The first-order valence-corrected chi connectivity index (χ1v) is 5.88. The van der Waals surface area contributed by atoms with Crippen LogP contribution in [0.4, 0.5) is 0 Å². The van der Waals surface area contributed by atoms with E-state index < -0.39 is 0 Å². The Morgan fingerprint density at radius 1 is 1.35 bits per heavy atom. The van der Waals surface area contributed by atoms with Crippen molar-refractivity contribution < 1.29 is 13.9 Å². The lowest BCUT2D eigenvalue weighted by Crippen LogP contribution is -1.99. The number of benzene rings is 1. The van der Waals surface area contributed by atoms with Crippen LogP contribution in [-0.4, -0.2) is 12.9 Å². The number of hydrogen-bond donors (Lipinski definition) is 0. The van der Waals surface area contributed by atoms with Crippen molar-refractivity contribution in [1.29, 1.82) is 0 Å². The summed E-state index contributed by atoms with van der Waals surface area (Å²) in [5, 5.41) is 0. The van der Waals surface area contributed by atoms with Crippen LogP contribution in [0.15, 0.2) is 45.3 Å². The third-order valence-corrected chi connectivity index (χ3v) is 2.75. The van der Waals surface area contributed by atoms with Gasteiger partial charge in [0.1, 0.15) is 12.4 Å². The van der Waals surface area contributed by atoms with Crippen LogP contribution in [0.1, 0.15) is 21.9 Å². The second-order valence-electron chi connectivity index (χ2n) is 3.54. The second kappa shape index (κ2) is 5.29. The lowest BCUT2D eigenvalue weighted by Gasteiger charge is -1.98. The van der Waals surface area contributed by atoms with Crippen molar-refractivity contribution >= 4 is 21.7 Å². The summed E-state index contributed by atoms with van der Waals surface area (Å²) in [5.74, 6) is 0.842. The van der Waals surface area contributed by atoms with Gasteiger partial charge in [-0.25, -0.2) is 0 Å². The number of ether oxygens (including phenoxy) is 1. The van der Waals surface area contributed by atoms with Crippen molar-refractivity contribution in [2.24, 2.45) is 0 Å². The van der Waals surface area contributed by atoms with E-state index in [1.54, 1.807) is 31.4 Å². The average Bonchev–Trinajstić information content (AvgIpc) is 2.77. The molecule has 0 aliphatic heterocycles. The van der Waals surface area contributed by atoms with E-state index in [1.807, 2.05) is 12.1 Å². The Bertz CT molecular complexity index is 531. The summed E-state index contributed by atoms with van der Waals surface area (Å²) in [6.07, 6.45) is 0. The Balaban J connectivity index is 2.24. The number of carbonyl (C=O) groups excluding carboxylic acids is 1. The topological polar surface area (TPSA) is 39.4 Å². The van der Waals surface area contributed by atoms with Gasteiger partial charge in [-0.05, 0) is 24.3 Å². The third kappa shape index (κ3) is 2.84. The first kappa shape index (κ1) is 12.1. The molecule has 1 aromatic heterocycles. The maximum Gasteiger partial charge on any atom is 0.228 e. The Morgan fingerprint density at radius 2 is 2.18 bits per heavy atom. The van der Waals surface area contributed by atoms with Crippen molar-refractivity contribution in [3.8, 4) is 0 Å². The summed E-state index contributed by atoms with van der Waals surface area (Å²) in [5.41, 5.74) is 0.595. The molecule has 0 spiro atoms. The number of carbonyl (C=O) groups is 1. The molecule has 0 fully saturated rings. The largest absolute Gasteiger partial charge is 0.455 e. The van der Waals surface area contributed by atoms with Crippen LogP contribution < -0.4 is 0 Å². The van der Waals surface area contributed by atoms with Crippen LogP contribution in [0.2, 0.25) is 0 Å². The van der Waals surface area contributed by atoms with Gasteiger partial charge in [0.25, 0.3) is 0 Å². The van der Waals surface area contributed by atoms with Crippen LogP contribution in [-0.2, 0) is 11.3 Å². The molecule has 0 atom stereocenters. The highest BCUT2D eigenvalue weighted by molar-refractivity contribution is 9.10. The maximum absolute atomic E-state index is 12.1. The lowest BCUT2D eigenvalue weighted by atomic mass is 10.1. The number of furan rings is 1. The van der Waals surface area contributed by atoms with Gasteiger partial charge in [-0.3, -0.25) is 4.79 Å². The van der Waals surface area contributed by atoms with E-state index in [0.717, 1.165) is 4.47 Å². The predicted molar refractivity (Wildman–Crippen MR) is 67.0 cm³/mol. The van der Waals surface area contributed by atoms with Crippen LogP contribution >= 0.6 is 15.9 Å².